The first-order valence-corrected chi connectivity index (χ1v) is 17.8. The van der Waals surface area contributed by atoms with E-state index in [0.717, 1.165) is 49.4 Å². The van der Waals surface area contributed by atoms with Gasteiger partial charge in [-0.15, -0.1) is 0 Å². The van der Waals surface area contributed by atoms with Crippen LogP contribution >= 0.6 is 15.9 Å². The molecule has 7 rings (SSSR count). The minimum absolute atomic E-state index is 0.243. The van der Waals surface area contributed by atoms with Crippen molar-refractivity contribution in [1.82, 2.24) is 0 Å². The van der Waals surface area contributed by atoms with E-state index in [0.29, 0.717) is 39.5 Å². The summed E-state index contributed by atoms with van der Waals surface area (Å²) in [4.78, 5) is 0. The molecule has 0 bridgehead atoms. The van der Waals surface area contributed by atoms with Crippen LogP contribution in [0.1, 0.15) is 39.5 Å². The molecule has 7 nitrogen and oxygen atoms in total. The Bertz CT molecular complexity index is 1800. The molecule has 0 spiro atoms. The Morgan fingerprint density at radius 1 is 0.580 bits per heavy atom. The summed E-state index contributed by atoms with van der Waals surface area (Å²) in [6.07, 6.45) is -2.29. The molecule has 1 saturated heterocycles. The number of aliphatic hydroxyl groups is 1. The lowest BCUT2D eigenvalue weighted by molar-refractivity contribution is -0.272. The SMILES string of the molecule is OC[C@H]1O[C@@H](c2ccc(Br)c(Cc3ccc4c(c3)OCCO4)c2)[C@H](OCc2ccccc2)[C@@H](OCc2ccccc2)[C@@H]1OCc1ccccc1. The molecule has 2 heterocycles. The average molecular weight is 738 g/mol. The first kappa shape index (κ1) is 34.4. The van der Waals surface area contributed by atoms with E-state index in [1.807, 2.05) is 109 Å². The number of fused-ring (bicyclic) bond motifs is 1. The third kappa shape index (κ3) is 8.46. The molecule has 0 radical (unpaired) electrons. The zero-order chi connectivity index (χ0) is 34.1. The van der Waals surface area contributed by atoms with Gasteiger partial charge in [-0.25, -0.2) is 0 Å². The molecular formula is C42H41BrO7. The molecule has 0 saturated carbocycles. The van der Waals surface area contributed by atoms with Crippen LogP contribution in [0.25, 0.3) is 0 Å². The first-order valence-electron chi connectivity index (χ1n) is 17.0. The topological polar surface area (TPSA) is 75.6 Å². The second kappa shape index (κ2) is 16.8. The van der Waals surface area contributed by atoms with Crippen molar-refractivity contribution in [2.24, 2.45) is 0 Å². The van der Waals surface area contributed by atoms with Crippen molar-refractivity contribution >= 4 is 15.9 Å². The molecule has 8 heteroatoms. The second-order valence-corrected chi connectivity index (χ2v) is 13.4. The van der Waals surface area contributed by atoms with Gasteiger partial charge in [0.1, 0.15) is 43.7 Å². The molecule has 1 fully saturated rings. The van der Waals surface area contributed by atoms with Crippen LogP contribution < -0.4 is 9.47 Å². The molecule has 0 aromatic heterocycles. The lowest BCUT2D eigenvalue weighted by Gasteiger charge is -2.46. The molecule has 5 aromatic carbocycles. The summed E-state index contributed by atoms with van der Waals surface area (Å²) in [5.74, 6) is 1.53. The second-order valence-electron chi connectivity index (χ2n) is 12.6. The quantitative estimate of drug-likeness (QED) is 0.131. The smallest absolute Gasteiger partial charge is 0.161 e. The van der Waals surface area contributed by atoms with Gasteiger partial charge in [0.15, 0.2) is 11.5 Å². The Morgan fingerprint density at radius 2 is 1.14 bits per heavy atom. The van der Waals surface area contributed by atoms with Gasteiger partial charge in [0.05, 0.1) is 26.4 Å². The standard InChI is InChI=1S/C42H41BrO7/c43-35-18-17-33(24-34(35)22-32-16-19-36-37(23-32)46-21-20-45-36)39-41(48-27-30-12-6-2-7-13-30)42(49-28-31-14-8-3-9-15-31)40(38(25-44)50-39)47-26-29-10-4-1-5-11-29/h1-19,23-24,38-42,44H,20-22,25-28H2/t38-,39+,40-,41+,42+/m1/s1. The predicted octanol–water partition coefficient (Wildman–Crippen LogP) is 8.00. The van der Waals surface area contributed by atoms with Crippen LogP contribution in [0, 0.1) is 0 Å². The number of ether oxygens (including phenoxy) is 6. The summed E-state index contributed by atoms with van der Waals surface area (Å²) >= 11 is 3.79. The summed E-state index contributed by atoms with van der Waals surface area (Å²) in [5.41, 5.74) is 6.19. The van der Waals surface area contributed by atoms with Crippen LogP contribution in [0.2, 0.25) is 0 Å². The Labute approximate surface area is 301 Å². The number of halogens is 1. The van der Waals surface area contributed by atoms with Crippen LogP contribution in [0.3, 0.4) is 0 Å². The molecular weight excluding hydrogens is 696 g/mol. The summed E-state index contributed by atoms with van der Waals surface area (Å²) < 4.78 is 39.5. The third-order valence-electron chi connectivity index (χ3n) is 9.07. The summed E-state index contributed by atoms with van der Waals surface area (Å²) in [6.45, 7) is 1.89. The Balaban J connectivity index is 1.22. The van der Waals surface area contributed by atoms with Gasteiger partial charge in [0, 0.05) is 4.47 Å². The molecule has 5 atom stereocenters. The average Bonchev–Trinajstić information content (AvgIpc) is 3.17. The van der Waals surface area contributed by atoms with Gasteiger partial charge in [-0.2, -0.15) is 0 Å². The fraction of sp³-hybridized carbons (Fsp3) is 0.286. The Hall–Kier alpha value is -4.02. The summed E-state index contributed by atoms with van der Waals surface area (Å²) in [7, 11) is 0. The van der Waals surface area contributed by atoms with E-state index in [1.54, 1.807) is 0 Å². The van der Waals surface area contributed by atoms with E-state index in [1.165, 1.54) is 0 Å². The highest BCUT2D eigenvalue weighted by atomic mass is 79.9. The van der Waals surface area contributed by atoms with E-state index >= 15 is 0 Å². The maximum atomic E-state index is 10.8. The molecule has 0 aliphatic carbocycles. The van der Waals surface area contributed by atoms with E-state index in [2.05, 4.69) is 34.1 Å². The van der Waals surface area contributed by atoms with Gasteiger partial charge in [-0.3, -0.25) is 0 Å². The molecule has 0 amide bonds. The largest absolute Gasteiger partial charge is 0.486 e. The van der Waals surface area contributed by atoms with Gasteiger partial charge >= 0.3 is 0 Å². The molecule has 258 valence electrons. The number of hydrogen-bond donors (Lipinski definition) is 1. The van der Waals surface area contributed by atoms with Crippen molar-refractivity contribution in [3.8, 4) is 11.5 Å². The monoisotopic (exact) mass is 736 g/mol. The van der Waals surface area contributed by atoms with E-state index < -0.39 is 30.5 Å². The van der Waals surface area contributed by atoms with Crippen molar-refractivity contribution in [2.75, 3.05) is 19.8 Å². The Morgan fingerprint density at radius 3 is 1.74 bits per heavy atom. The summed E-state index contributed by atoms with van der Waals surface area (Å²) in [5, 5.41) is 10.8. The van der Waals surface area contributed by atoms with Crippen LogP contribution in [0.15, 0.2) is 132 Å². The van der Waals surface area contributed by atoms with Crippen molar-refractivity contribution < 1.29 is 33.5 Å². The van der Waals surface area contributed by atoms with Crippen LogP contribution in [-0.2, 0) is 45.2 Å². The lowest BCUT2D eigenvalue weighted by Crippen LogP contribution is -2.58. The van der Waals surface area contributed by atoms with Crippen LogP contribution in [-0.4, -0.2) is 49.3 Å². The number of hydrogen-bond acceptors (Lipinski definition) is 7. The Kier molecular flexibility index (Phi) is 11.6. The first-order chi connectivity index (χ1) is 24.6. The van der Waals surface area contributed by atoms with Gasteiger partial charge < -0.3 is 33.5 Å². The highest BCUT2D eigenvalue weighted by Crippen LogP contribution is 2.40. The number of benzene rings is 5. The third-order valence-corrected chi connectivity index (χ3v) is 9.84. The normalized spacial score (nSPS) is 21.5. The highest BCUT2D eigenvalue weighted by Gasteiger charge is 2.48. The van der Waals surface area contributed by atoms with Gasteiger partial charge in [-0.05, 0) is 58.0 Å². The minimum Gasteiger partial charge on any atom is -0.486 e. The van der Waals surface area contributed by atoms with Crippen LogP contribution in [0.4, 0.5) is 0 Å². The van der Waals surface area contributed by atoms with E-state index in [4.69, 9.17) is 28.4 Å². The van der Waals surface area contributed by atoms with Crippen molar-refractivity contribution in [1.29, 1.82) is 0 Å². The maximum Gasteiger partial charge on any atom is 0.161 e. The van der Waals surface area contributed by atoms with Crippen molar-refractivity contribution in [3.63, 3.8) is 0 Å². The van der Waals surface area contributed by atoms with E-state index in [-0.39, 0.29) is 6.61 Å². The lowest BCUT2D eigenvalue weighted by atomic mass is 9.89. The molecule has 2 aliphatic heterocycles. The van der Waals surface area contributed by atoms with Crippen molar-refractivity contribution in [2.45, 2.75) is 56.8 Å². The zero-order valence-corrected chi connectivity index (χ0v) is 29.3. The van der Waals surface area contributed by atoms with Crippen molar-refractivity contribution in [3.05, 3.63) is 165 Å². The van der Waals surface area contributed by atoms with Crippen LogP contribution in [0.5, 0.6) is 11.5 Å². The van der Waals surface area contributed by atoms with Gasteiger partial charge in [0.25, 0.3) is 0 Å². The fourth-order valence-electron chi connectivity index (χ4n) is 6.53. The highest BCUT2D eigenvalue weighted by molar-refractivity contribution is 9.10. The molecule has 5 aromatic rings. The fourth-order valence-corrected chi connectivity index (χ4v) is 6.91. The molecule has 0 unspecified atom stereocenters. The predicted molar refractivity (Wildman–Crippen MR) is 194 cm³/mol. The minimum atomic E-state index is -0.661. The van der Waals surface area contributed by atoms with Gasteiger partial charge in [-0.1, -0.05) is 125 Å². The number of rotatable bonds is 13. The molecule has 2 aliphatic rings. The zero-order valence-electron chi connectivity index (χ0n) is 27.7. The maximum absolute atomic E-state index is 10.8. The molecule has 1 N–H and O–H groups in total. The number of aliphatic hydroxyl groups excluding tert-OH is 1. The van der Waals surface area contributed by atoms with E-state index in [9.17, 15) is 5.11 Å². The molecule has 50 heavy (non-hydrogen) atoms. The van der Waals surface area contributed by atoms with Gasteiger partial charge in [0.2, 0.25) is 0 Å². The summed E-state index contributed by atoms with van der Waals surface area (Å²) in [6, 6.07) is 42.5.